The minimum atomic E-state index is -1.40. The van der Waals surface area contributed by atoms with Crippen LogP contribution >= 0.6 is 0 Å². The number of esters is 1. The van der Waals surface area contributed by atoms with Crippen molar-refractivity contribution in [2.75, 3.05) is 13.2 Å². The number of hydrogen-bond acceptors (Lipinski definition) is 9. The first-order valence-corrected chi connectivity index (χ1v) is 12.7. The Balaban J connectivity index is 2.97. The van der Waals surface area contributed by atoms with Crippen LogP contribution in [-0.2, 0) is 38.2 Å². The molecule has 38 heavy (non-hydrogen) atoms. The summed E-state index contributed by atoms with van der Waals surface area (Å²) in [6.07, 6.45) is -1.66. The number of carbonyl (C=O) groups is 6. The number of carboxylic acids is 1. The van der Waals surface area contributed by atoms with E-state index in [2.05, 4.69) is 21.3 Å². The molecule has 2 unspecified atom stereocenters. The smallest absolute Gasteiger partial charge is 0.408 e. The number of nitrogens with one attached hydrogen (secondary N) is 4. The molecule has 0 spiro atoms. The van der Waals surface area contributed by atoms with Gasteiger partial charge in [-0.15, -0.1) is 0 Å². The second kappa shape index (κ2) is 15.1. The van der Waals surface area contributed by atoms with Gasteiger partial charge in [0.2, 0.25) is 11.8 Å². The van der Waals surface area contributed by atoms with Crippen LogP contribution in [-0.4, -0.2) is 89.9 Å². The van der Waals surface area contributed by atoms with Crippen molar-refractivity contribution in [1.82, 2.24) is 21.3 Å². The van der Waals surface area contributed by atoms with Crippen molar-refractivity contribution >= 4 is 35.8 Å². The molecule has 0 aromatic heterocycles. The van der Waals surface area contributed by atoms with Gasteiger partial charge in [-0.05, 0) is 40.5 Å². The van der Waals surface area contributed by atoms with E-state index in [1.807, 2.05) is 0 Å². The first kappa shape index (κ1) is 32.6. The molecular weight excluding hydrogens is 504 g/mol. The number of ether oxygens (including phenoxy) is 3. The van der Waals surface area contributed by atoms with E-state index in [1.165, 1.54) is 0 Å². The number of carbonyl (C=O) groups excluding carboxylic acids is 5. The molecule has 0 radical (unpaired) electrons. The molecule has 216 valence electrons. The third-order valence-electron chi connectivity index (χ3n) is 5.16. The number of carboxylic acid groups (broad SMARTS) is 1. The van der Waals surface area contributed by atoms with Crippen LogP contribution in [0.3, 0.4) is 0 Å². The molecule has 0 bridgehead atoms. The quantitative estimate of drug-likeness (QED) is 0.138. The van der Waals surface area contributed by atoms with Gasteiger partial charge in [-0.3, -0.25) is 14.4 Å². The molecular formula is C24H40N4O10. The predicted octanol–water partition coefficient (Wildman–Crippen LogP) is -0.0192. The van der Waals surface area contributed by atoms with Gasteiger partial charge in [0.05, 0.1) is 6.61 Å². The van der Waals surface area contributed by atoms with E-state index in [-0.39, 0.29) is 19.4 Å². The largest absolute Gasteiger partial charge is 0.480 e. The average molecular weight is 545 g/mol. The molecule has 1 aliphatic rings. The molecule has 0 aromatic rings. The van der Waals surface area contributed by atoms with E-state index in [1.54, 1.807) is 41.5 Å². The second-order valence-corrected chi connectivity index (χ2v) is 9.71. The molecule has 14 heteroatoms. The Bertz CT molecular complexity index is 873. The summed E-state index contributed by atoms with van der Waals surface area (Å²) in [5.74, 6) is -4.26. The van der Waals surface area contributed by atoms with Gasteiger partial charge < -0.3 is 40.6 Å². The van der Waals surface area contributed by atoms with Gasteiger partial charge in [-0.1, -0.05) is 26.7 Å². The molecule has 5 atom stereocenters. The maximum atomic E-state index is 13.0. The zero-order chi connectivity index (χ0) is 29.0. The molecule has 1 fully saturated rings. The number of alkyl carbamates (subject to hydrolysis) is 1. The molecule has 1 aliphatic heterocycles. The molecule has 1 rings (SSSR count). The summed E-state index contributed by atoms with van der Waals surface area (Å²) in [4.78, 5) is 73.9. The number of amides is 4. The first-order chi connectivity index (χ1) is 17.7. The van der Waals surface area contributed by atoms with Gasteiger partial charge in [0.1, 0.15) is 23.7 Å². The highest BCUT2D eigenvalue weighted by molar-refractivity contribution is 5.95. The Morgan fingerprint density at radius 2 is 1.39 bits per heavy atom. The van der Waals surface area contributed by atoms with Crippen molar-refractivity contribution in [2.24, 2.45) is 0 Å². The third kappa shape index (κ3) is 11.3. The monoisotopic (exact) mass is 544 g/mol. The average Bonchev–Trinajstić information content (AvgIpc) is 3.61. The fourth-order valence-electron chi connectivity index (χ4n) is 3.33. The molecule has 1 saturated heterocycles. The summed E-state index contributed by atoms with van der Waals surface area (Å²) >= 11 is 0. The lowest BCUT2D eigenvalue weighted by atomic mass is 10.1. The Kier molecular flexibility index (Phi) is 13.0. The Morgan fingerprint density at radius 3 is 1.92 bits per heavy atom. The lowest BCUT2D eigenvalue weighted by molar-refractivity contribution is -0.144. The van der Waals surface area contributed by atoms with E-state index >= 15 is 0 Å². The van der Waals surface area contributed by atoms with Gasteiger partial charge in [0.15, 0.2) is 12.2 Å². The zero-order valence-electron chi connectivity index (χ0n) is 22.8. The molecule has 0 saturated carbocycles. The number of rotatable bonds is 15. The second-order valence-electron chi connectivity index (χ2n) is 9.71. The van der Waals surface area contributed by atoms with E-state index < -0.39 is 78.2 Å². The van der Waals surface area contributed by atoms with Crippen LogP contribution < -0.4 is 21.3 Å². The van der Waals surface area contributed by atoms with Gasteiger partial charge in [0.25, 0.3) is 5.91 Å². The standard InChI is InChI=1S/C24H40N4O10/c1-7-10-13(28-23(35)38-24(4,5)6)18(29)27-15(19(30)26-14(11-8-2)21(32)33)12-25-20(31)16-17(37-16)22(34)36-9-3/h13-17H,7-12H2,1-6H3,(H,25,31)(H,26,30)(H,27,29)(H,28,35)(H,32,33)/t13-,14-,15-,16?,17?/m0/s1. The summed E-state index contributed by atoms with van der Waals surface area (Å²) in [6, 6.07) is -3.68. The lowest BCUT2D eigenvalue weighted by Gasteiger charge is -2.26. The molecule has 4 amide bonds. The highest BCUT2D eigenvalue weighted by Crippen LogP contribution is 2.23. The molecule has 0 aromatic carbocycles. The van der Waals surface area contributed by atoms with Crippen LogP contribution in [0.5, 0.6) is 0 Å². The number of hydrogen-bond donors (Lipinski definition) is 5. The highest BCUT2D eigenvalue weighted by Gasteiger charge is 2.51. The van der Waals surface area contributed by atoms with E-state index in [0.717, 1.165) is 0 Å². The Morgan fingerprint density at radius 1 is 0.842 bits per heavy atom. The maximum Gasteiger partial charge on any atom is 0.408 e. The van der Waals surface area contributed by atoms with E-state index in [0.29, 0.717) is 12.8 Å². The molecule has 0 aliphatic carbocycles. The third-order valence-corrected chi connectivity index (χ3v) is 5.16. The zero-order valence-corrected chi connectivity index (χ0v) is 22.8. The van der Waals surface area contributed by atoms with E-state index in [4.69, 9.17) is 14.2 Å². The summed E-state index contributed by atoms with van der Waals surface area (Å²) < 4.78 is 15.0. The fraction of sp³-hybridized carbons (Fsp3) is 0.750. The van der Waals surface area contributed by atoms with Crippen molar-refractivity contribution in [3.63, 3.8) is 0 Å². The molecule has 5 N–H and O–H groups in total. The molecule has 1 heterocycles. The maximum absolute atomic E-state index is 13.0. The Labute approximate surface area is 221 Å². The summed E-state index contributed by atoms with van der Waals surface area (Å²) in [5, 5.41) is 19.1. The topological polar surface area (TPSA) is 202 Å². The van der Waals surface area contributed by atoms with Crippen LogP contribution in [0, 0.1) is 0 Å². The SMILES string of the molecule is CCC[C@H](NC(=O)[C@H](CNC(=O)C1OC1C(=O)OCC)NC(=O)[C@H](CCC)NC(=O)OC(C)(C)C)C(=O)O. The Hall–Kier alpha value is -3.42. The van der Waals surface area contributed by atoms with Crippen molar-refractivity contribution in [1.29, 1.82) is 0 Å². The fourth-order valence-corrected chi connectivity index (χ4v) is 3.33. The van der Waals surface area contributed by atoms with Crippen LogP contribution in [0.4, 0.5) is 4.79 Å². The highest BCUT2D eigenvalue weighted by atomic mass is 16.6. The van der Waals surface area contributed by atoms with E-state index in [9.17, 15) is 33.9 Å². The normalized spacial score (nSPS) is 18.7. The minimum absolute atomic E-state index is 0.111. The van der Waals surface area contributed by atoms with Crippen LogP contribution in [0.1, 0.15) is 67.2 Å². The molecule has 14 nitrogen and oxygen atoms in total. The van der Waals surface area contributed by atoms with Crippen molar-refractivity contribution < 1.29 is 48.1 Å². The van der Waals surface area contributed by atoms with Crippen LogP contribution in [0.25, 0.3) is 0 Å². The first-order valence-electron chi connectivity index (χ1n) is 12.7. The van der Waals surface area contributed by atoms with Gasteiger partial charge >= 0.3 is 18.0 Å². The predicted molar refractivity (Wildman–Crippen MR) is 133 cm³/mol. The van der Waals surface area contributed by atoms with Crippen molar-refractivity contribution in [3.8, 4) is 0 Å². The number of aliphatic carboxylic acids is 1. The summed E-state index contributed by atoms with van der Waals surface area (Å²) in [6.45, 7) is 9.80. The van der Waals surface area contributed by atoms with Crippen LogP contribution in [0.15, 0.2) is 0 Å². The number of epoxide rings is 1. The van der Waals surface area contributed by atoms with Gasteiger partial charge in [-0.2, -0.15) is 0 Å². The minimum Gasteiger partial charge on any atom is -0.480 e. The summed E-state index contributed by atoms with van der Waals surface area (Å²) in [5.41, 5.74) is -0.804. The lowest BCUT2D eigenvalue weighted by Crippen LogP contribution is -2.59. The summed E-state index contributed by atoms with van der Waals surface area (Å²) in [7, 11) is 0. The van der Waals surface area contributed by atoms with Crippen molar-refractivity contribution in [2.45, 2.75) is 103 Å². The van der Waals surface area contributed by atoms with Gasteiger partial charge in [0, 0.05) is 6.54 Å². The van der Waals surface area contributed by atoms with Crippen molar-refractivity contribution in [3.05, 3.63) is 0 Å². The van der Waals surface area contributed by atoms with Gasteiger partial charge in [-0.25, -0.2) is 14.4 Å². The van der Waals surface area contributed by atoms with Crippen LogP contribution in [0.2, 0.25) is 0 Å².